The van der Waals surface area contributed by atoms with Gasteiger partial charge in [0.15, 0.2) is 0 Å². The van der Waals surface area contributed by atoms with Crippen molar-refractivity contribution in [3.05, 3.63) is 57.2 Å². The molecule has 0 bridgehead atoms. The van der Waals surface area contributed by atoms with Gasteiger partial charge in [-0.25, -0.2) is 0 Å². The van der Waals surface area contributed by atoms with E-state index in [4.69, 9.17) is 16.6 Å². The van der Waals surface area contributed by atoms with Crippen LogP contribution in [0.1, 0.15) is 45.3 Å². The molecule has 1 saturated heterocycles. The second kappa shape index (κ2) is 10.0. The Hall–Kier alpha value is -2.45. The topological polar surface area (TPSA) is 76.6 Å². The number of hydrogen-bond acceptors (Lipinski definition) is 6. The van der Waals surface area contributed by atoms with E-state index >= 15 is 0 Å². The fraction of sp³-hybridized carbons (Fsp3) is 0.364. The van der Waals surface area contributed by atoms with Gasteiger partial charge in [0.2, 0.25) is 0 Å². The number of carbonyl (C=O) groups is 1. The van der Waals surface area contributed by atoms with Gasteiger partial charge >= 0.3 is 0 Å². The van der Waals surface area contributed by atoms with Crippen LogP contribution in [0, 0.1) is 16.0 Å². The molecule has 0 N–H and O–H groups in total. The third-order valence-corrected chi connectivity index (χ3v) is 6.50. The molecule has 8 heteroatoms. The largest absolute Gasteiger partial charge is 0.457 e. The molecule has 1 amide bonds. The maximum absolute atomic E-state index is 12.9. The van der Waals surface area contributed by atoms with Crippen LogP contribution < -0.4 is 0 Å². The van der Waals surface area contributed by atoms with Crippen molar-refractivity contribution in [2.24, 2.45) is 5.92 Å². The van der Waals surface area contributed by atoms with E-state index in [-0.39, 0.29) is 11.6 Å². The first-order chi connectivity index (χ1) is 14.4. The molecule has 1 aromatic carbocycles. The molecule has 1 aliphatic heterocycles. The van der Waals surface area contributed by atoms with Crippen molar-refractivity contribution in [3.8, 4) is 11.3 Å². The van der Waals surface area contributed by atoms with Gasteiger partial charge in [0.05, 0.1) is 9.83 Å². The molecule has 2 heterocycles. The summed E-state index contributed by atoms with van der Waals surface area (Å²) in [6.07, 6.45) is 6.12. The average Bonchev–Trinajstić information content (AvgIpc) is 3.31. The fourth-order valence-corrected chi connectivity index (χ4v) is 4.55. The first-order valence-corrected chi connectivity index (χ1v) is 11.3. The molecule has 158 valence electrons. The zero-order valence-electron chi connectivity index (χ0n) is 17.0. The average molecular weight is 445 g/mol. The number of thiocarbonyl (C=S) groups is 1. The van der Waals surface area contributed by atoms with Crippen LogP contribution in [-0.4, -0.2) is 26.6 Å². The summed E-state index contributed by atoms with van der Waals surface area (Å²) in [5, 5.41) is 10.8. The van der Waals surface area contributed by atoms with Gasteiger partial charge < -0.3 is 4.42 Å². The summed E-state index contributed by atoms with van der Waals surface area (Å²) in [6, 6.07) is 9.71. The lowest BCUT2D eigenvalue weighted by atomic mass is 9.99. The normalized spacial score (nSPS) is 16.5. The Bertz CT molecular complexity index is 966. The van der Waals surface area contributed by atoms with E-state index in [1.54, 1.807) is 35.2 Å². The summed E-state index contributed by atoms with van der Waals surface area (Å²) in [5.41, 5.74) is 0.757. The number of nitro groups is 1. The standard InChI is InChI=1S/C22H24N2O4S2/c1-3-5-6-15(4-2)14-23-21(25)20(30-22(23)29)13-18-11-12-19(28-18)16-7-9-17(10-8-16)24(26)27/h7-13,15H,3-6,14H2,1-2H3/b20-13-/t15-/m0/s1. The molecule has 1 aliphatic rings. The number of hydrogen-bond donors (Lipinski definition) is 0. The van der Waals surface area contributed by atoms with E-state index in [0.717, 1.165) is 31.2 Å². The molecule has 0 saturated carbocycles. The van der Waals surface area contributed by atoms with Crippen LogP contribution in [0.4, 0.5) is 5.69 Å². The molecule has 0 aliphatic carbocycles. The second-order valence-electron chi connectivity index (χ2n) is 7.21. The lowest BCUT2D eigenvalue weighted by Crippen LogP contribution is -2.33. The molecule has 3 rings (SSSR count). The van der Waals surface area contributed by atoms with Crippen molar-refractivity contribution >= 4 is 46.0 Å². The molecule has 2 aromatic rings. The van der Waals surface area contributed by atoms with Gasteiger partial charge in [0.25, 0.3) is 11.6 Å². The number of thioether (sulfide) groups is 1. The van der Waals surface area contributed by atoms with Gasteiger partial charge in [-0.2, -0.15) is 0 Å². The number of rotatable bonds is 9. The van der Waals surface area contributed by atoms with Gasteiger partial charge in [-0.3, -0.25) is 19.8 Å². The summed E-state index contributed by atoms with van der Waals surface area (Å²) in [7, 11) is 0. The van der Waals surface area contributed by atoms with Crippen LogP contribution in [-0.2, 0) is 4.79 Å². The van der Waals surface area contributed by atoms with E-state index < -0.39 is 4.92 Å². The van der Waals surface area contributed by atoms with Crippen LogP contribution in [0.2, 0.25) is 0 Å². The Morgan fingerprint density at radius 2 is 1.97 bits per heavy atom. The highest BCUT2D eigenvalue weighted by molar-refractivity contribution is 8.26. The van der Waals surface area contributed by atoms with Crippen molar-refractivity contribution in [2.75, 3.05) is 6.54 Å². The third-order valence-electron chi connectivity index (χ3n) is 5.12. The third kappa shape index (κ3) is 5.17. The van der Waals surface area contributed by atoms with Crippen LogP contribution in [0.15, 0.2) is 45.7 Å². The number of nitro benzene ring substituents is 1. The Morgan fingerprint density at radius 3 is 2.60 bits per heavy atom. The van der Waals surface area contributed by atoms with Crippen LogP contribution in [0.5, 0.6) is 0 Å². The summed E-state index contributed by atoms with van der Waals surface area (Å²) in [5.74, 6) is 1.50. The van der Waals surface area contributed by atoms with Crippen molar-refractivity contribution in [1.29, 1.82) is 0 Å². The zero-order valence-corrected chi connectivity index (χ0v) is 18.6. The number of non-ortho nitro benzene ring substituents is 1. The number of furan rings is 1. The van der Waals surface area contributed by atoms with E-state index in [9.17, 15) is 14.9 Å². The van der Waals surface area contributed by atoms with Crippen LogP contribution in [0.3, 0.4) is 0 Å². The highest BCUT2D eigenvalue weighted by atomic mass is 32.2. The Labute approximate surface area is 185 Å². The van der Waals surface area contributed by atoms with Crippen molar-refractivity contribution < 1.29 is 14.1 Å². The maximum Gasteiger partial charge on any atom is 0.269 e. The maximum atomic E-state index is 12.9. The molecule has 30 heavy (non-hydrogen) atoms. The first kappa shape index (κ1) is 22.2. The predicted octanol–water partition coefficient (Wildman–Crippen LogP) is 6.27. The van der Waals surface area contributed by atoms with E-state index in [1.165, 1.54) is 23.9 Å². The summed E-state index contributed by atoms with van der Waals surface area (Å²) in [4.78, 5) is 25.5. The van der Waals surface area contributed by atoms with Crippen LogP contribution >= 0.6 is 24.0 Å². The lowest BCUT2D eigenvalue weighted by Gasteiger charge is -2.21. The van der Waals surface area contributed by atoms with Crippen LogP contribution in [0.25, 0.3) is 17.4 Å². The monoisotopic (exact) mass is 444 g/mol. The van der Waals surface area contributed by atoms with E-state index in [1.807, 2.05) is 0 Å². The Morgan fingerprint density at radius 1 is 1.23 bits per heavy atom. The summed E-state index contributed by atoms with van der Waals surface area (Å²) < 4.78 is 6.42. The summed E-state index contributed by atoms with van der Waals surface area (Å²) in [6.45, 7) is 4.98. The number of nitrogens with zero attached hydrogens (tertiary/aromatic N) is 2. The van der Waals surface area contributed by atoms with Gasteiger partial charge in [-0.15, -0.1) is 0 Å². The van der Waals surface area contributed by atoms with Gasteiger partial charge in [-0.05, 0) is 36.6 Å². The number of unbranched alkanes of at least 4 members (excludes halogenated alkanes) is 1. The number of amides is 1. The Kier molecular flexibility index (Phi) is 7.44. The molecule has 0 unspecified atom stereocenters. The molecule has 0 spiro atoms. The number of carbonyl (C=O) groups excluding carboxylic acids is 1. The SMILES string of the molecule is CCCC[C@H](CC)CN1C(=O)/C(=C/c2ccc(-c3ccc([N+](=O)[O-])cc3)o2)SC1=S. The molecule has 1 atom stereocenters. The van der Waals surface area contributed by atoms with Crippen molar-refractivity contribution in [3.63, 3.8) is 0 Å². The molecule has 1 aromatic heterocycles. The number of benzene rings is 1. The first-order valence-electron chi connectivity index (χ1n) is 10.0. The van der Waals surface area contributed by atoms with E-state index in [0.29, 0.717) is 33.2 Å². The second-order valence-corrected chi connectivity index (χ2v) is 8.89. The van der Waals surface area contributed by atoms with Gasteiger partial charge in [0.1, 0.15) is 15.8 Å². The molecular formula is C22H24N2O4S2. The lowest BCUT2D eigenvalue weighted by molar-refractivity contribution is -0.384. The van der Waals surface area contributed by atoms with Gasteiger partial charge in [0, 0.05) is 30.3 Å². The molecule has 0 radical (unpaired) electrons. The smallest absolute Gasteiger partial charge is 0.269 e. The molecule has 1 fully saturated rings. The zero-order chi connectivity index (χ0) is 21.7. The highest BCUT2D eigenvalue weighted by Crippen LogP contribution is 2.35. The van der Waals surface area contributed by atoms with Crippen molar-refractivity contribution in [1.82, 2.24) is 4.90 Å². The Balaban J connectivity index is 1.72. The van der Waals surface area contributed by atoms with Crippen molar-refractivity contribution in [2.45, 2.75) is 39.5 Å². The molecular weight excluding hydrogens is 420 g/mol. The van der Waals surface area contributed by atoms with Gasteiger partial charge in [-0.1, -0.05) is 57.1 Å². The fourth-order valence-electron chi connectivity index (χ4n) is 3.30. The minimum absolute atomic E-state index is 0.0264. The highest BCUT2D eigenvalue weighted by Gasteiger charge is 2.33. The molecule has 6 nitrogen and oxygen atoms in total. The minimum Gasteiger partial charge on any atom is -0.457 e. The minimum atomic E-state index is -0.440. The van der Waals surface area contributed by atoms with E-state index in [2.05, 4.69) is 13.8 Å². The predicted molar refractivity (Wildman–Crippen MR) is 124 cm³/mol. The summed E-state index contributed by atoms with van der Waals surface area (Å²) >= 11 is 6.74. The quantitative estimate of drug-likeness (QED) is 0.196.